The summed E-state index contributed by atoms with van der Waals surface area (Å²) in [5.41, 5.74) is 4.76. The number of hydrogen-bond acceptors (Lipinski definition) is 0. The molecule has 0 fully saturated rings. The van der Waals surface area contributed by atoms with Gasteiger partial charge in [0, 0.05) is 0 Å². The maximum atomic E-state index is 6.55. The second-order valence-corrected chi connectivity index (χ2v) is 10.00. The van der Waals surface area contributed by atoms with E-state index in [9.17, 15) is 0 Å². The van der Waals surface area contributed by atoms with Crippen LogP contribution >= 0.6 is 23.2 Å². The first-order chi connectivity index (χ1) is 12.0. The van der Waals surface area contributed by atoms with Crippen LogP contribution in [0.1, 0.15) is 74.6 Å². The summed E-state index contributed by atoms with van der Waals surface area (Å²) in [6.45, 7) is 13.0. The van der Waals surface area contributed by atoms with E-state index in [4.69, 9.17) is 23.2 Å². The van der Waals surface area contributed by atoms with Crippen molar-refractivity contribution in [2.45, 2.75) is 52.3 Å². The Balaban J connectivity index is 2.08. The fraction of sp³-hybridized carbons (Fsp3) is 0.417. The molecule has 0 aliphatic carbocycles. The van der Waals surface area contributed by atoms with E-state index in [-0.39, 0.29) is 21.6 Å². The van der Waals surface area contributed by atoms with Gasteiger partial charge in [0.25, 0.3) is 0 Å². The van der Waals surface area contributed by atoms with E-state index in [2.05, 4.69) is 102 Å². The Kier molecular flexibility index (Phi) is 6.64. The van der Waals surface area contributed by atoms with Crippen LogP contribution < -0.4 is 0 Å². The molecule has 2 atom stereocenters. The molecule has 0 nitrogen and oxygen atoms in total. The van der Waals surface area contributed by atoms with Gasteiger partial charge in [0.2, 0.25) is 0 Å². The van der Waals surface area contributed by atoms with E-state index in [1.165, 1.54) is 11.1 Å². The number of hydrogen-bond donors (Lipinski definition) is 0. The normalized spacial score (nSPS) is 15.2. The van der Waals surface area contributed by atoms with Gasteiger partial charge in [-0.2, -0.15) is 0 Å². The Morgan fingerprint density at radius 3 is 1.08 bits per heavy atom. The average molecular weight is 389 g/mol. The summed E-state index contributed by atoms with van der Waals surface area (Å²) in [4.78, 5) is 0. The molecule has 2 rings (SSSR count). The lowest BCUT2D eigenvalue weighted by Gasteiger charge is -2.25. The lowest BCUT2D eigenvalue weighted by atomic mass is 9.87. The summed E-state index contributed by atoms with van der Waals surface area (Å²) in [5, 5.41) is 0.0266. The minimum absolute atomic E-state index is 0.0133. The summed E-state index contributed by atoms with van der Waals surface area (Å²) in [6.07, 6.45) is 4.25. The van der Waals surface area contributed by atoms with Crippen molar-refractivity contribution < 1.29 is 0 Å². The third-order valence-electron chi connectivity index (χ3n) is 4.45. The Bertz CT molecular complexity index is 660. The second-order valence-electron chi connectivity index (χ2n) is 9.12. The van der Waals surface area contributed by atoms with Crippen molar-refractivity contribution in [3.63, 3.8) is 0 Å². The molecule has 140 valence electrons. The quantitative estimate of drug-likeness (QED) is 0.363. The highest BCUT2D eigenvalue weighted by Crippen LogP contribution is 2.39. The van der Waals surface area contributed by atoms with Crippen molar-refractivity contribution in [1.29, 1.82) is 0 Å². The SMILES string of the molecule is CC(C)(C)C(Cl)c1ccc(C=Cc2ccc(C(Cl)C(C)(C)C)cc2)cc1. The molecule has 0 spiro atoms. The maximum Gasteiger partial charge on any atom is 0.0633 e. The molecule has 0 aromatic heterocycles. The molecule has 2 unspecified atom stereocenters. The van der Waals surface area contributed by atoms with Gasteiger partial charge in [-0.15, -0.1) is 23.2 Å². The number of benzene rings is 2. The third-order valence-corrected chi connectivity index (χ3v) is 6.26. The molecule has 0 amide bonds. The Morgan fingerprint density at radius 1 is 0.577 bits per heavy atom. The van der Waals surface area contributed by atoms with E-state index in [1.54, 1.807) is 0 Å². The molecular weight excluding hydrogens is 359 g/mol. The van der Waals surface area contributed by atoms with Crippen LogP contribution in [0.5, 0.6) is 0 Å². The number of halogens is 2. The highest BCUT2D eigenvalue weighted by molar-refractivity contribution is 6.21. The fourth-order valence-electron chi connectivity index (χ4n) is 2.74. The van der Waals surface area contributed by atoms with E-state index in [1.807, 2.05) is 0 Å². The highest BCUT2D eigenvalue weighted by atomic mass is 35.5. The zero-order chi connectivity index (χ0) is 19.5. The first kappa shape index (κ1) is 21.1. The monoisotopic (exact) mass is 388 g/mol. The number of rotatable bonds is 4. The smallest absolute Gasteiger partial charge is 0.0633 e. The van der Waals surface area contributed by atoms with Gasteiger partial charge in [0.05, 0.1) is 10.8 Å². The summed E-state index contributed by atoms with van der Waals surface area (Å²) in [6, 6.07) is 17.0. The van der Waals surface area contributed by atoms with Gasteiger partial charge in [0.15, 0.2) is 0 Å². The van der Waals surface area contributed by atoms with E-state index in [0.29, 0.717) is 0 Å². The highest BCUT2D eigenvalue weighted by Gasteiger charge is 2.24. The van der Waals surface area contributed by atoms with Crippen LogP contribution in [0, 0.1) is 10.8 Å². The first-order valence-electron chi connectivity index (χ1n) is 9.14. The molecule has 0 bridgehead atoms. The topological polar surface area (TPSA) is 0 Å². The van der Waals surface area contributed by atoms with Gasteiger partial charge in [-0.25, -0.2) is 0 Å². The molecule has 26 heavy (non-hydrogen) atoms. The van der Waals surface area contributed by atoms with Crippen LogP contribution in [0.2, 0.25) is 0 Å². The van der Waals surface area contributed by atoms with Crippen molar-refractivity contribution in [2.24, 2.45) is 10.8 Å². The van der Waals surface area contributed by atoms with Crippen LogP contribution in [0.4, 0.5) is 0 Å². The van der Waals surface area contributed by atoms with Gasteiger partial charge < -0.3 is 0 Å². The molecule has 0 aliphatic rings. The standard InChI is InChI=1S/C24H30Cl2/c1-23(2,3)21(25)19-13-9-17(10-14-19)7-8-18-11-15-20(16-12-18)22(26)24(4,5)6/h7-16,21-22H,1-6H3. The molecule has 0 heterocycles. The van der Waals surface area contributed by atoms with Crippen molar-refractivity contribution >= 4 is 35.4 Å². The van der Waals surface area contributed by atoms with E-state index >= 15 is 0 Å². The first-order valence-corrected chi connectivity index (χ1v) is 10.0. The lowest BCUT2D eigenvalue weighted by Crippen LogP contribution is -2.13. The summed E-state index contributed by atoms with van der Waals surface area (Å²) in [5.74, 6) is 0. The molecule has 0 saturated heterocycles. The minimum Gasteiger partial charge on any atom is -0.117 e. The Morgan fingerprint density at radius 2 is 0.846 bits per heavy atom. The van der Waals surface area contributed by atoms with Gasteiger partial charge in [-0.05, 0) is 33.1 Å². The average Bonchev–Trinajstić information content (AvgIpc) is 2.58. The van der Waals surface area contributed by atoms with Crippen LogP contribution in [0.3, 0.4) is 0 Å². The van der Waals surface area contributed by atoms with Crippen molar-refractivity contribution in [3.8, 4) is 0 Å². The van der Waals surface area contributed by atoms with Gasteiger partial charge in [-0.3, -0.25) is 0 Å². The molecule has 0 radical (unpaired) electrons. The van der Waals surface area contributed by atoms with E-state index in [0.717, 1.165) is 11.1 Å². The molecule has 0 N–H and O–H groups in total. The van der Waals surface area contributed by atoms with Gasteiger partial charge in [0.1, 0.15) is 0 Å². The van der Waals surface area contributed by atoms with E-state index < -0.39 is 0 Å². The van der Waals surface area contributed by atoms with Crippen LogP contribution in [0.15, 0.2) is 48.5 Å². The second kappa shape index (κ2) is 8.19. The largest absolute Gasteiger partial charge is 0.117 e. The Labute approximate surface area is 169 Å². The van der Waals surface area contributed by atoms with Crippen molar-refractivity contribution in [3.05, 3.63) is 70.8 Å². The fourth-order valence-corrected chi connectivity index (χ4v) is 3.04. The molecule has 0 aliphatic heterocycles. The lowest BCUT2D eigenvalue weighted by molar-refractivity contribution is 0.395. The van der Waals surface area contributed by atoms with Gasteiger partial charge in [-0.1, -0.05) is 102 Å². The minimum atomic E-state index is 0.0133. The predicted octanol–water partition coefficient (Wildman–Crippen LogP) is 8.51. The maximum absolute atomic E-state index is 6.55. The predicted molar refractivity (Wildman–Crippen MR) is 118 cm³/mol. The molecule has 0 saturated carbocycles. The summed E-state index contributed by atoms with van der Waals surface area (Å²) >= 11 is 13.1. The Hall–Kier alpha value is -1.24. The molecule has 2 aromatic carbocycles. The summed E-state index contributed by atoms with van der Waals surface area (Å²) < 4.78 is 0. The molecule has 2 aromatic rings. The summed E-state index contributed by atoms with van der Waals surface area (Å²) in [7, 11) is 0. The third kappa shape index (κ3) is 5.63. The van der Waals surface area contributed by atoms with Crippen LogP contribution in [0.25, 0.3) is 12.2 Å². The van der Waals surface area contributed by atoms with Crippen molar-refractivity contribution in [2.75, 3.05) is 0 Å². The molecular formula is C24H30Cl2. The molecule has 2 heteroatoms. The van der Waals surface area contributed by atoms with Crippen LogP contribution in [-0.2, 0) is 0 Å². The zero-order valence-corrected chi connectivity index (χ0v) is 18.2. The van der Waals surface area contributed by atoms with Crippen molar-refractivity contribution in [1.82, 2.24) is 0 Å². The van der Waals surface area contributed by atoms with Crippen LogP contribution in [-0.4, -0.2) is 0 Å². The number of alkyl halides is 2. The van der Waals surface area contributed by atoms with Gasteiger partial charge >= 0.3 is 0 Å². The zero-order valence-electron chi connectivity index (χ0n) is 16.7.